The molecule has 0 bridgehead atoms. The van der Waals surface area contributed by atoms with Crippen LogP contribution in [0.3, 0.4) is 0 Å². The van der Waals surface area contributed by atoms with Gasteiger partial charge in [0.2, 0.25) is 0 Å². The Hall–Kier alpha value is -3.58. The smallest absolute Gasteiger partial charge is 0.257 e. The molecule has 0 unspecified atom stereocenters. The van der Waals surface area contributed by atoms with E-state index in [9.17, 15) is 4.79 Å². The van der Waals surface area contributed by atoms with Gasteiger partial charge in [-0.3, -0.25) is 4.79 Å². The van der Waals surface area contributed by atoms with E-state index < -0.39 is 0 Å². The SMILES string of the molecule is Cc1ccc(NC(=O)c2ccn(C3CC3)c2)cc1-c1cc(N2CCOCC2)c2nccn2c1. The first-order chi connectivity index (χ1) is 16.2. The summed E-state index contributed by atoms with van der Waals surface area (Å²) in [5, 5.41) is 3.08. The number of nitrogens with one attached hydrogen (secondary N) is 1. The molecule has 6 rings (SSSR count). The molecule has 4 heterocycles. The molecule has 1 aliphatic carbocycles. The van der Waals surface area contributed by atoms with E-state index in [1.54, 1.807) is 0 Å². The lowest BCUT2D eigenvalue weighted by Crippen LogP contribution is -2.36. The monoisotopic (exact) mass is 441 g/mol. The molecule has 2 fully saturated rings. The molecule has 2 aliphatic rings. The second kappa shape index (κ2) is 8.08. The molecule has 1 saturated carbocycles. The topological polar surface area (TPSA) is 63.8 Å². The quantitative estimate of drug-likeness (QED) is 0.494. The number of benzene rings is 1. The van der Waals surface area contributed by atoms with E-state index in [1.807, 2.05) is 36.9 Å². The summed E-state index contributed by atoms with van der Waals surface area (Å²) >= 11 is 0. The van der Waals surface area contributed by atoms with E-state index in [-0.39, 0.29) is 5.91 Å². The van der Waals surface area contributed by atoms with Crippen LogP contribution in [0, 0.1) is 6.92 Å². The molecular weight excluding hydrogens is 414 g/mol. The molecule has 0 radical (unpaired) electrons. The summed E-state index contributed by atoms with van der Waals surface area (Å²) in [6.07, 6.45) is 12.3. The Labute approximate surface area is 192 Å². The van der Waals surface area contributed by atoms with Gasteiger partial charge in [0.15, 0.2) is 5.65 Å². The zero-order valence-corrected chi connectivity index (χ0v) is 18.7. The van der Waals surface area contributed by atoms with Crippen LogP contribution in [0.1, 0.15) is 34.8 Å². The van der Waals surface area contributed by atoms with Gasteiger partial charge >= 0.3 is 0 Å². The molecule has 1 N–H and O–H groups in total. The number of ether oxygens (including phenoxy) is 1. The van der Waals surface area contributed by atoms with E-state index >= 15 is 0 Å². The van der Waals surface area contributed by atoms with Gasteiger partial charge in [0.1, 0.15) is 0 Å². The van der Waals surface area contributed by atoms with Gasteiger partial charge in [0.05, 0.1) is 24.5 Å². The van der Waals surface area contributed by atoms with Crippen LogP contribution in [0.5, 0.6) is 0 Å². The van der Waals surface area contributed by atoms with Crippen molar-refractivity contribution >= 4 is 22.9 Å². The van der Waals surface area contributed by atoms with E-state index in [0.29, 0.717) is 11.6 Å². The first kappa shape index (κ1) is 20.1. The number of morpholine rings is 1. The van der Waals surface area contributed by atoms with Gasteiger partial charge in [0, 0.05) is 61.4 Å². The van der Waals surface area contributed by atoms with E-state index in [4.69, 9.17) is 4.74 Å². The minimum absolute atomic E-state index is 0.0803. The number of pyridine rings is 1. The summed E-state index contributed by atoms with van der Waals surface area (Å²) in [7, 11) is 0. The highest BCUT2D eigenvalue weighted by molar-refractivity contribution is 6.04. The maximum atomic E-state index is 12.8. The van der Waals surface area contributed by atoms with Gasteiger partial charge in [0.25, 0.3) is 5.91 Å². The first-order valence-corrected chi connectivity index (χ1v) is 11.5. The number of hydrogen-bond acceptors (Lipinski definition) is 4. The Kier molecular flexibility index (Phi) is 4.91. The van der Waals surface area contributed by atoms with Gasteiger partial charge in [-0.05, 0) is 55.2 Å². The summed E-state index contributed by atoms with van der Waals surface area (Å²) in [5.74, 6) is -0.0803. The van der Waals surface area contributed by atoms with Crippen molar-refractivity contribution in [2.45, 2.75) is 25.8 Å². The Morgan fingerprint density at radius 2 is 1.94 bits per heavy atom. The fraction of sp³-hybridized carbons (Fsp3) is 0.308. The van der Waals surface area contributed by atoms with Crippen molar-refractivity contribution in [1.82, 2.24) is 14.0 Å². The van der Waals surface area contributed by atoms with Gasteiger partial charge in [-0.15, -0.1) is 0 Å². The molecule has 0 spiro atoms. The summed E-state index contributed by atoms with van der Waals surface area (Å²) < 4.78 is 9.76. The fourth-order valence-corrected chi connectivity index (χ4v) is 4.56. The Morgan fingerprint density at radius 1 is 1.09 bits per heavy atom. The molecule has 3 aromatic heterocycles. The lowest BCUT2D eigenvalue weighted by molar-refractivity contribution is 0.102. The number of aryl methyl sites for hydroxylation is 1. The number of carbonyl (C=O) groups excluding carboxylic acids is 1. The lowest BCUT2D eigenvalue weighted by atomic mass is 10.0. The normalized spacial score (nSPS) is 16.3. The van der Waals surface area contributed by atoms with E-state index in [1.165, 1.54) is 12.8 Å². The lowest BCUT2D eigenvalue weighted by Gasteiger charge is -2.29. The predicted octanol–water partition coefficient (Wildman–Crippen LogP) is 4.54. The number of fused-ring (bicyclic) bond motifs is 1. The molecular formula is C26H27N5O2. The van der Waals surface area contributed by atoms with Crippen LogP contribution in [-0.2, 0) is 4.74 Å². The standard InChI is InChI=1S/C26H27N5O2/c1-18-2-3-21(28-26(32)19-6-8-30(16-19)22-4-5-22)15-23(18)20-14-24(29-10-12-33-13-11-29)25-27-7-9-31(25)17-20/h2-3,6-9,14-17,22H,4-5,10-13H2,1H3,(H,28,32). The van der Waals surface area contributed by atoms with Crippen molar-refractivity contribution in [1.29, 1.82) is 0 Å². The highest BCUT2D eigenvalue weighted by atomic mass is 16.5. The molecule has 168 valence electrons. The van der Waals surface area contributed by atoms with Crippen molar-refractivity contribution in [2.24, 2.45) is 0 Å². The second-order valence-corrected chi connectivity index (χ2v) is 8.93. The van der Waals surface area contributed by atoms with Gasteiger partial charge in [-0.25, -0.2) is 4.98 Å². The van der Waals surface area contributed by atoms with Crippen molar-refractivity contribution < 1.29 is 9.53 Å². The van der Waals surface area contributed by atoms with Crippen LogP contribution in [0.4, 0.5) is 11.4 Å². The van der Waals surface area contributed by atoms with Gasteiger partial charge in [-0.2, -0.15) is 0 Å². The minimum atomic E-state index is -0.0803. The number of nitrogens with zero attached hydrogens (tertiary/aromatic N) is 4. The predicted molar refractivity (Wildman–Crippen MR) is 129 cm³/mol. The average molecular weight is 442 g/mol. The zero-order valence-electron chi connectivity index (χ0n) is 18.7. The third-order valence-electron chi connectivity index (χ3n) is 6.57. The van der Waals surface area contributed by atoms with Gasteiger partial charge < -0.3 is 23.9 Å². The summed E-state index contributed by atoms with van der Waals surface area (Å²) in [6.45, 7) is 5.24. The molecule has 7 nitrogen and oxygen atoms in total. The zero-order chi connectivity index (χ0) is 22.4. The largest absolute Gasteiger partial charge is 0.378 e. The van der Waals surface area contributed by atoms with Crippen LogP contribution in [0.15, 0.2) is 61.3 Å². The highest BCUT2D eigenvalue weighted by Gasteiger charge is 2.24. The Morgan fingerprint density at radius 3 is 2.76 bits per heavy atom. The first-order valence-electron chi connectivity index (χ1n) is 11.5. The molecule has 4 aromatic rings. The van der Waals surface area contributed by atoms with E-state index in [0.717, 1.165) is 60.0 Å². The summed E-state index contributed by atoms with van der Waals surface area (Å²) in [4.78, 5) is 19.8. The number of amides is 1. The number of aromatic nitrogens is 3. The summed E-state index contributed by atoms with van der Waals surface area (Å²) in [6, 6.07) is 10.8. The maximum Gasteiger partial charge on any atom is 0.257 e. The van der Waals surface area contributed by atoms with Crippen molar-refractivity contribution in [3.05, 3.63) is 72.4 Å². The molecule has 33 heavy (non-hydrogen) atoms. The van der Waals surface area contributed by atoms with Crippen LogP contribution in [0.2, 0.25) is 0 Å². The molecule has 1 saturated heterocycles. The van der Waals surface area contributed by atoms with E-state index in [2.05, 4.69) is 55.5 Å². The third kappa shape index (κ3) is 3.89. The van der Waals surface area contributed by atoms with Crippen LogP contribution < -0.4 is 10.2 Å². The molecule has 1 amide bonds. The summed E-state index contributed by atoms with van der Waals surface area (Å²) in [5.41, 5.74) is 6.88. The Balaban J connectivity index is 1.32. The van der Waals surface area contributed by atoms with Crippen molar-refractivity contribution in [2.75, 3.05) is 36.5 Å². The third-order valence-corrected chi connectivity index (χ3v) is 6.57. The number of imidazole rings is 1. The molecule has 0 atom stereocenters. The number of carbonyl (C=O) groups is 1. The van der Waals surface area contributed by atoms with Crippen LogP contribution in [0.25, 0.3) is 16.8 Å². The number of anilines is 2. The number of hydrogen-bond donors (Lipinski definition) is 1. The number of rotatable bonds is 5. The molecule has 7 heteroatoms. The maximum absolute atomic E-state index is 12.8. The van der Waals surface area contributed by atoms with Crippen molar-refractivity contribution in [3.8, 4) is 11.1 Å². The fourth-order valence-electron chi connectivity index (χ4n) is 4.56. The molecule has 1 aromatic carbocycles. The molecule has 1 aliphatic heterocycles. The second-order valence-electron chi connectivity index (χ2n) is 8.93. The van der Waals surface area contributed by atoms with Gasteiger partial charge in [-0.1, -0.05) is 6.07 Å². The highest BCUT2D eigenvalue weighted by Crippen LogP contribution is 2.35. The van der Waals surface area contributed by atoms with Crippen LogP contribution >= 0.6 is 0 Å². The van der Waals surface area contributed by atoms with Crippen molar-refractivity contribution in [3.63, 3.8) is 0 Å². The average Bonchev–Trinajstić information content (AvgIpc) is 3.37. The van der Waals surface area contributed by atoms with Crippen LogP contribution in [-0.4, -0.2) is 46.2 Å². The Bertz CT molecular complexity index is 1330. The minimum Gasteiger partial charge on any atom is -0.378 e.